The minimum atomic E-state index is -4.07. The van der Waals surface area contributed by atoms with Crippen LogP contribution < -0.4 is 29.6 Å². The molecule has 0 amide bonds. The average Bonchev–Trinajstić information content (AvgIpc) is 2.52. The molecule has 0 radical (unpaired) electrons. The zero-order valence-electron chi connectivity index (χ0n) is 17.1. The molecule has 0 atom stereocenters. The first-order chi connectivity index (χ1) is 11.5. The number of unbranched alkanes of at least 4 members (excludes halogenated alkanes) is 13. The van der Waals surface area contributed by atoms with Crippen LogP contribution in [0.15, 0.2) is 0 Å². The molecular formula is C19H40NNaO3S. The van der Waals surface area contributed by atoms with E-state index in [2.05, 4.69) is 6.92 Å². The van der Waals surface area contributed by atoms with Crippen molar-refractivity contribution < 1.29 is 42.5 Å². The van der Waals surface area contributed by atoms with E-state index in [1.54, 1.807) is 0 Å². The van der Waals surface area contributed by atoms with E-state index in [4.69, 9.17) is 0 Å². The van der Waals surface area contributed by atoms with E-state index in [1.807, 2.05) is 11.9 Å². The maximum Gasteiger partial charge on any atom is 1.00 e. The molecule has 0 saturated carbocycles. The minimum absolute atomic E-state index is 0. The van der Waals surface area contributed by atoms with E-state index in [1.165, 1.54) is 83.5 Å². The summed E-state index contributed by atoms with van der Waals surface area (Å²) in [6, 6.07) is 0. The van der Waals surface area contributed by atoms with Gasteiger partial charge in [0, 0.05) is 6.54 Å². The van der Waals surface area contributed by atoms with Gasteiger partial charge in [0.2, 0.25) is 0 Å². The second-order valence-electron chi connectivity index (χ2n) is 7.16. The Hall–Kier alpha value is 0.870. The molecular weight excluding hydrogens is 345 g/mol. The fourth-order valence-electron chi connectivity index (χ4n) is 2.96. The normalized spacial score (nSPS) is 11.7. The maximum atomic E-state index is 10.6. The van der Waals surface area contributed by atoms with Crippen LogP contribution in [0.2, 0.25) is 0 Å². The van der Waals surface area contributed by atoms with Crippen molar-refractivity contribution in [3.05, 3.63) is 0 Å². The summed E-state index contributed by atoms with van der Waals surface area (Å²) in [5, 5.41) is 0. The fraction of sp³-hybridized carbons (Fsp3) is 1.00. The van der Waals surface area contributed by atoms with E-state index < -0.39 is 10.1 Å². The van der Waals surface area contributed by atoms with Crippen molar-refractivity contribution in [1.82, 2.24) is 4.90 Å². The Bertz CT molecular complexity index is 364. The molecule has 6 heteroatoms. The van der Waals surface area contributed by atoms with Gasteiger partial charge in [-0.25, -0.2) is 8.42 Å². The zero-order chi connectivity index (χ0) is 18.1. The summed E-state index contributed by atoms with van der Waals surface area (Å²) in [5.41, 5.74) is 0. The van der Waals surface area contributed by atoms with Gasteiger partial charge >= 0.3 is 29.6 Å². The van der Waals surface area contributed by atoms with Gasteiger partial charge < -0.3 is 9.45 Å². The Morgan fingerprint density at radius 1 is 0.680 bits per heavy atom. The van der Waals surface area contributed by atoms with Crippen LogP contribution in [0.5, 0.6) is 0 Å². The van der Waals surface area contributed by atoms with Crippen molar-refractivity contribution in [2.24, 2.45) is 0 Å². The third-order valence-electron chi connectivity index (χ3n) is 4.62. The molecule has 146 valence electrons. The Morgan fingerprint density at radius 2 is 1.04 bits per heavy atom. The third-order valence-corrected chi connectivity index (χ3v) is 5.30. The molecule has 0 fully saturated rings. The first-order valence-electron chi connectivity index (χ1n) is 10.1. The van der Waals surface area contributed by atoms with Crippen LogP contribution in [-0.4, -0.2) is 43.8 Å². The largest absolute Gasteiger partial charge is 1.00 e. The standard InChI is InChI=1S/C19H41NO3S.Na/c1-3-4-5-6-7-8-9-10-11-12-13-14-15-16-17-20(2)18-19-24(21,22)23;/h3-19H2,1-2H3,(H,21,22,23);/q;+1/p-1. The molecule has 0 aromatic carbocycles. The van der Waals surface area contributed by atoms with Crippen molar-refractivity contribution in [3.8, 4) is 0 Å². The summed E-state index contributed by atoms with van der Waals surface area (Å²) >= 11 is 0. The summed E-state index contributed by atoms with van der Waals surface area (Å²) < 4.78 is 31.7. The molecule has 0 aromatic rings. The Kier molecular flexibility index (Phi) is 22.0. The molecule has 0 aliphatic heterocycles. The van der Waals surface area contributed by atoms with Gasteiger partial charge in [0.15, 0.2) is 0 Å². The van der Waals surface area contributed by atoms with Crippen LogP contribution in [0.3, 0.4) is 0 Å². The Morgan fingerprint density at radius 3 is 1.40 bits per heavy atom. The van der Waals surface area contributed by atoms with Gasteiger partial charge in [-0.2, -0.15) is 0 Å². The van der Waals surface area contributed by atoms with E-state index in [-0.39, 0.29) is 35.3 Å². The summed E-state index contributed by atoms with van der Waals surface area (Å²) in [6.07, 6.45) is 18.8. The van der Waals surface area contributed by atoms with Crippen LogP contribution >= 0.6 is 0 Å². The van der Waals surface area contributed by atoms with Gasteiger partial charge in [0.25, 0.3) is 0 Å². The van der Waals surface area contributed by atoms with Gasteiger partial charge in [-0.3, -0.25) is 0 Å². The molecule has 0 bridgehead atoms. The minimum Gasteiger partial charge on any atom is -0.748 e. The molecule has 0 N–H and O–H groups in total. The van der Waals surface area contributed by atoms with Gasteiger partial charge in [-0.1, -0.05) is 90.4 Å². The monoisotopic (exact) mass is 385 g/mol. The van der Waals surface area contributed by atoms with Crippen LogP contribution in [0.25, 0.3) is 0 Å². The maximum absolute atomic E-state index is 10.6. The molecule has 0 spiro atoms. The summed E-state index contributed by atoms with van der Waals surface area (Å²) in [7, 11) is -2.19. The second-order valence-corrected chi connectivity index (χ2v) is 8.68. The summed E-state index contributed by atoms with van der Waals surface area (Å²) in [4.78, 5) is 1.94. The SMILES string of the molecule is CCCCCCCCCCCCCCCCN(C)CCS(=O)(=O)[O-].[Na+]. The van der Waals surface area contributed by atoms with Gasteiger partial charge in [-0.05, 0) is 20.0 Å². The molecule has 4 nitrogen and oxygen atoms in total. The van der Waals surface area contributed by atoms with Gasteiger partial charge in [0.1, 0.15) is 0 Å². The predicted molar refractivity (Wildman–Crippen MR) is 102 cm³/mol. The smallest absolute Gasteiger partial charge is 0.748 e. The predicted octanol–water partition coefficient (Wildman–Crippen LogP) is 1.95. The van der Waals surface area contributed by atoms with E-state index in [0.717, 1.165) is 13.0 Å². The topological polar surface area (TPSA) is 60.4 Å². The molecule has 0 heterocycles. The summed E-state index contributed by atoms with van der Waals surface area (Å²) in [5.74, 6) is -0.276. The van der Waals surface area contributed by atoms with Crippen molar-refractivity contribution >= 4 is 10.1 Å². The summed E-state index contributed by atoms with van der Waals surface area (Å²) in [6.45, 7) is 3.50. The van der Waals surface area contributed by atoms with Crippen molar-refractivity contribution in [2.45, 2.75) is 96.8 Å². The van der Waals surface area contributed by atoms with Gasteiger partial charge in [0.05, 0.1) is 15.9 Å². The van der Waals surface area contributed by atoms with Crippen LogP contribution in [0.4, 0.5) is 0 Å². The van der Waals surface area contributed by atoms with Crippen LogP contribution in [0.1, 0.15) is 96.8 Å². The Balaban J connectivity index is 0. The molecule has 0 saturated heterocycles. The van der Waals surface area contributed by atoms with E-state index in [9.17, 15) is 13.0 Å². The first-order valence-corrected chi connectivity index (χ1v) is 11.7. The second kappa shape index (κ2) is 19.6. The molecule has 0 rings (SSSR count). The zero-order valence-corrected chi connectivity index (χ0v) is 19.9. The molecule has 0 unspecified atom stereocenters. The van der Waals surface area contributed by atoms with Crippen LogP contribution in [-0.2, 0) is 10.1 Å². The Labute approximate surface area is 179 Å². The number of hydrogen-bond donors (Lipinski definition) is 0. The fourth-order valence-corrected chi connectivity index (χ4v) is 3.49. The molecule has 0 aliphatic rings. The van der Waals surface area contributed by atoms with Gasteiger partial charge in [-0.15, -0.1) is 0 Å². The van der Waals surface area contributed by atoms with Crippen molar-refractivity contribution in [1.29, 1.82) is 0 Å². The van der Waals surface area contributed by atoms with Crippen molar-refractivity contribution in [2.75, 3.05) is 25.9 Å². The number of rotatable bonds is 18. The third kappa shape index (κ3) is 24.9. The molecule has 25 heavy (non-hydrogen) atoms. The van der Waals surface area contributed by atoms with Crippen LogP contribution in [0, 0.1) is 0 Å². The van der Waals surface area contributed by atoms with Crippen molar-refractivity contribution in [3.63, 3.8) is 0 Å². The quantitative estimate of drug-likeness (QED) is 0.206. The number of hydrogen-bond acceptors (Lipinski definition) is 4. The number of nitrogens with zero attached hydrogens (tertiary/aromatic N) is 1. The first kappa shape index (κ1) is 28.1. The van der Waals surface area contributed by atoms with E-state index >= 15 is 0 Å². The average molecular weight is 386 g/mol. The molecule has 0 aliphatic carbocycles. The van der Waals surface area contributed by atoms with E-state index in [0.29, 0.717) is 6.54 Å². The molecule has 0 aromatic heterocycles.